The Balaban J connectivity index is 0.00000676. The fraction of sp³-hybridized carbons (Fsp3) is 0.556. The SMILES string of the molecule is CCNC(=NCc1ccccc1OC(F)F)NCCC(=O)NC(C)CC.I. The molecule has 1 amide bonds. The number of nitrogens with zero attached hydrogens (tertiary/aromatic N) is 1. The van der Waals surface area contributed by atoms with Gasteiger partial charge in [0, 0.05) is 31.1 Å². The van der Waals surface area contributed by atoms with Gasteiger partial charge in [-0.05, 0) is 26.3 Å². The summed E-state index contributed by atoms with van der Waals surface area (Å²) in [6.45, 7) is 4.24. The van der Waals surface area contributed by atoms with Gasteiger partial charge in [0.15, 0.2) is 5.96 Å². The Morgan fingerprint density at radius 3 is 2.56 bits per heavy atom. The van der Waals surface area contributed by atoms with Crippen LogP contribution in [0.4, 0.5) is 8.78 Å². The molecular weight excluding hydrogens is 469 g/mol. The predicted molar refractivity (Wildman–Crippen MR) is 114 cm³/mol. The molecule has 1 rings (SSSR count). The normalized spacial score (nSPS) is 12.1. The molecule has 27 heavy (non-hydrogen) atoms. The third-order valence-corrected chi connectivity index (χ3v) is 3.60. The lowest BCUT2D eigenvalue weighted by molar-refractivity contribution is -0.121. The van der Waals surface area contributed by atoms with Crippen molar-refractivity contribution in [3.63, 3.8) is 0 Å². The van der Waals surface area contributed by atoms with Gasteiger partial charge < -0.3 is 20.7 Å². The maximum Gasteiger partial charge on any atom is 0.387 e. The second-order valence-electron chi connectivity index (χ2n) is 5.73. The first-order valence-electron chi connectivity index (χ1n) is 8.80. The molecule has 0 fully saturated rings. The highest BCUT2D eigenvalue weighted by Crippen LogP contribution is 2.20. The summed E-state index contributed by atoms with van der Waals surface area (Å²) in [6, 6.07) is 6.68. The van der Waals surface area contributed by atoms with Gasteiger partial charge in [-0.15, -0.1) is 24.0 Å². The van der Waals surface area contributed by atoms with Crippen molar-refractivity contribution in [3.8, 4) is 5.75 Å². The summed E-state index contributed by atoms with van der Waals surface area (Å²) in [6.07, 6.45) is 1.20. The van der Waals surface area contributed by atoms with Crippen LogP contribution in [0.2, 0.25) is 0 Å². The molecule has 0 bridgehead atoms. The minimum atomic E-state index is -2.88. The van der Waals surface area contributed by atoms with E-state index in [4.69, 9.17) is 0 Å². The third-order valence-electron chi connectivity index (χ3n) is 3.60. The lowest BCUT2D eigenvalue weighted by Crippen LogP contribution is -2.40. The minimum Gasteiger partial charge on any atom is -0.434 e. The summed E-state index contributed by atoms with van der Waals surface area (Å²) >= 11 is 0. The number of amides is 1. The molecule has 0 radical (unpaired) electrons. The number of rotatable bonds is 10. The van der Waals surface area contributed by atoms with Gasteiger partial charge in [0.05, 0.1) is 6.54 Å². The Hall–Kier alpha value is -1.65. The van der Waals surface area contributed by atoms with E-state index in [1.54, 1.807) is 18.2 Å². The average molecular weight is 498 g/mol. The number of benzene rings is 1. The summed E-state index contributed by atoms with van der Waals surface area (Å²) in [5.41, 5.74) is 0.555. The Labute approximate surface area is 176 Å². The molecular formula is C18H29F2IN4O2. The van der Waals surface area contributed by atoms with E-state index in [0.29, 0.717) is 31.0 Å². The zero-order valence-corrected chi connectivity index (χ0v) is 18.3. The number of alkyl halides is 2. The van der Waals surface area contributed by atoms with Gasteiger partial charge in [0.1, 0.15) is 5.75 Å². The van der Waals surface area contributed by atoms with Crippen molar-refractivity contribution in [2.45, 2.75) is 52.8 Å². The third kappa shape index (κ3) is 10.9. The maximum atomic E-state index is 12.5. The van der Waals surface area contributed by atoms with Crippen molar-refractivity contribution in [2.75, 3.05) is 13.1 Å². The van der Waals surface area contributed by atoms with Crippen LogP contribution in [0.5, 0.6) is 5.75 Å². The number of ether oxygens (including phenoxy) is 1. The number of nitrogens with one attached hydrogen (secondary N) is 3. The maximum absolute atomic E-state index is 12.5. The van der Waals surface area contributed by atoms with Crippen molar-refractivity contribution in [3.05, 3.63) is 29.8 Å². The number of hydrogen-bond acceptors (Lipinski definition) is 3. The second kappa shape index (κ2) is 14.4. The number of halogens is 3. The Kier molecular flexibility index (Phi) is 13.5. The van der Waals surface area contributed by atoms with Gasteiger partial charge in [-0.2, -0.15) is 8.78 Å². The fourth-order valence-corrected chi connectivity index (χ4v) is 2.09. The number of para-hydroxylation sites is 1. The first-order chi connectivity index (χ1) is 12.5. The van der Waals surface area contributed by atoms with E-state index in [1.807, 2.05) is 20.8 Å². The smallest absolute Gasteiger partial charge is 0.387 e. The van der Waals surface area contributed by atoms with Gasteiger partial charge >= 0.3 is 6.61 Å². The average Bonchev–Trinajstić information content (AvgIpc) is 2.60. The highest BCUT2D eigenvalue weighted by atomic mass is 127. The number of carbonyl (C=O) groups excluding carboxylic acids is 1. The van der Waals surface area contributed by atoms with E-state index in [2.05, 4.69) is 25.7 Å². The van der Waals surface area contributed by atoms with Gasteiger partial charge in [0.25, 0.3) is 0 Å². The van der Waals surface area contributed by atoms with E-state index >= 15 is 0 Å². The lowest BCUT2D eigenvalue weighted by Gasteiger charge is -2.14. The Morgan fingerprint density at radius 2 is 1.93 bits per heavy atom. The first-order valence-corrected chi connectivity index (χ1v) is 8.80. The van der Waals surface area contributed by atoms with Crippen LogP contribution < -0.4 is 20.7 Å². The lowest BCUT2D eigenvalue weighted by atomic mass is 10.2. The molecule has 0 aliphatic rings. The molecule has 0 aromatic heterocycles. The molecule has 0 aliphatic carbocycles. The summed E-state index contributed by atoms with van der Waals surface area (Å²) in [5, 5.41) is 9.01. The summed E-state index contributed by atoms with van der Waals surface area (Å²) in [4.78, 5) is 16.1. The molecule has 154 valence electrons. The zero-order chi connectivity index (χ0) is 19.4. The molecule has 0 spiro atoms. The Bertz CT molecular complexity index is 588. The molecule has 3 N–H and O–H groups in total. The Morgan fingerprint density at radius 1 is 1.22 bits per heavy atom. The number of aliphatic imine (C=N–C) groups is 1. The monoisotopic (exact) mass is 498 g/mol. The van der Waals surface area contributed by atoms with Crippen LogP contribution in [-0.2, 0) is 11.3 Å². The highest BCUT2D eigenvalue weighted by Gasteiger charge is 2.09. The standard InChI is InChI=1S/C18H28F2N4O2.HI/c1-4-13(3)24-16(25)10-11-22-18(21-5-2)23-12-14-8-6-7-9-15(14)26-17(19)20;/h6-9,13,17H,4-5,10-12H2,1-3H3,(H,24,25)(H2,21,22,23);1H. The van der Waals surface area contributed by atoms with Crippen molar-refractivity contribution in [1.29, 1.82) is 0 Å². The summed E-state index contributed by atoms with van der Waals surface area (Å²) in [5.74, 6) is 0.587. The molecule has 9 heteroatoms. The van der Waals surface area contributed by atoms with Crippen LogP contribution in [0.25, 0.3) is 0 Å². The van der Waals surface area contributed by atoms with Gasteiger partial charge in [0.2, 0.25) is 5.91 Å². The van der Waals surface area contributed by atoms with Crippen LogP contribution >= 0.6 is 24.0 Å². The summed E-state index contributed by atoms with van der Waals surface area (Å²) in [7, 11) is 0. The van der Waals surface area contributed by atoms with Crippen molar-refractivity contribution < 1.29 is 18.3 Å². The first kappa shape index (κ1) is 25.4. The predicted octanol–water partition coefficient (Wildman–Crippen LogP) is 3.27. The van der Waals surface area contributed by atoms with Crippen molar-refractivity contribution in [2.24, 2.45) is 4.99 Å². The van der Waals surface area contributed by atoms with Gasteiger partial charge in [-0.1, -0.05) is 25.1 Å². The van der Waals surface area contributed by atoms with E-state index in [-0.39, 0.29) is 48.2 Å². The molecule has 1 atom stereocenters. The van der Waals surface area contributed by atoms with Crippen molar-refractivity contribution in [1.82, 2.24) is 16.0 Å². The van der Waals surface area contributed by atoms with Crippen LogP contribution in [0, 0.1) is 0 Å². The van der Waals surface area contributed by atoms with E-state index in [0.717, 1.165) is 6.42 Å². The van der Waals surface area contributed by atoms with Crippen LogP contribution in [0.1, 0.15) is 39.2 Å². The molecule has 0 saturated heterocycles. The molecule has 1 unspecified atom stereocenters. The van der Waals surface area contributed by atoms with Gasteiger partial charge in [-0.3, -0.25) is 4.79 Å². The largest absolute Gasteiger partial charge is 0.434 e. The molecule has 1 aromatic carbocycles. The zero-order valence-electron chi connectivity index (χ0n) is 15.9. The van der Waals surface area contributed by atoms with Gasteiger partial charge in [-0.25, -0.2) is 4.99 Å². The molecule has 0 heterocycles. The van der Waals surface area contributed by atoms with Crippen LogP contribution in [0.3, 0.4) is 0 Å². The number of guanidine groups is 1. The fourth-order valence-electron chi connectivity index (χ4n) is 2.09. The number of hydrogen-bond donors (Lipinski definition) is 3. The second-order valence-corrected chi connectivity index (χ2v) is 5.73. The van der Waals surface area contributed by atoms with Crippen molar-refractivity contribution >= 4 is 35.8 Å². The van der Waals surface area contributed by atoms with E-state index in [1.165, 1.54) is 6.07 Å². The quantitative estimate of drug-likeness (QED) is 0.263. The molecule has 0 aliphatic heterocycles. The van der Waals surface area contributed by atoms with E-state index < -0.39 is 6.61 Å². The minimum absolute atomic E-state index is 0. The van der Waals surface area contributed by atoms with Crippen LogP contribution in [0.15, 0.2) is 29.3 Å². The molecule has 6 nitrogen and oxygen atoms in total. The molecule has 0 saturated carbocycles. The summed E-state index contributed by atoms with van der Waals surface area (Å²) < 4.78 is 29.4. The topological polar surface area (TPSA) is 74.8 Å². The number of carbonyl (C=O) groups is 1. The van der Waals surface area contributed by atoms with Crippen LogP contribution in [-0.4, -0.2) is 37.6 Å². The molecule has 1 aromatic rings. The van der Waals surface area contributed by atoms with E-state index in [9.17, 15) is 13.6 Å². The highest BCUT2D eigenvalue weighted by molar-refractivity contribution is 14.0.